The zero-order valence-corrected chi connectivity index (χ0v) is 9.60. The van der Waals surface area contributed by atoms with Gasteiger partial charge in [0, 0.05) is 9.80 Å². The van der Waals surface area contributed by atoms with Gasteiger partial charge in [0.1, 0.15) is 5.75 Å². The Morgan fingerprint density at radius 3 is 2.40 bits per heavy atom. The van der Waals surface area contributed by atoms with E-state index in [4.69, 9.17) is 0 Å². The van der Waals surface area contributed by atoms with Crippen molar-refractivity contribution in [1.82, 2.24) is 0 Å². The van der Waals surface area contributed by atoms with Crippen molar-refractivity contribution in [2.75, 3.05) is 0 Å². The molecular weight excluding hydrogens is 204 g/mol. The Balaban J connectivity index is 2.19. The zero-order chi connectivity index (χ0) is 10.8. The van der Waals surface area contributed by atoms with Gasteiger partial charge in [0.25, 0.3) is 0 Å². The zero-order valence-electron chi connectivity index (χ0n) is 8.79. The van der Waals surface area contributed by atoms with E-state index in [9.17, 15) is 5.11 Å². The van der Waals surface area contributed by atoms with Crippen molar-refractivity contribution >= 4 is 11.8 Å². The molecule has 0 atom stereocenters. The molecule has 2 heteroatoms. The van der Waals surface area contributed by atoms with Gasteiger partial charge in [-0.2, -0.15) is 0 Å². The highest BCUT2D eigenvalue weighted by Crippen LogP contribution is 2.41. The second-order valence-corrected chi connectivity index (χ2v) is 4.89. The molecular formula is C13H14OS. The van der Waals surface area contributed by atoms with Crippen LogP contribution >= 0.6 is 11.8 Å². The quantitative estimate of drug-likeness (QED) is 0.806. The topological polar surface area (TPSA) is 20.2 Å². The van der Waals surface area contributed by atoms with E-state index in [0.29, 0.717) is 5.75 Å². The van der Waals surface area contributed by atoms with E-state index in [2.05, 4.69) is 13.5 Å². The molecule has 1 aliphatic carbocycles. The molecule has 0 heterocycles. The summed E-state index contributed by atoms with van der Waals surface area (Å²) in [5.41, 5.74) is 2.67. The van der Waals surface area contributed by atoms with E-state index < -0.39 is 0 Å². The minimum absolute atomic E-state index is 0.315. The second-order valence-electron chi connectivity index (χ2n) is 3.81. The number of phenolic OH excluding ortho intramolecular Hbond substituents is 1. The molecule has 1 nitrogen and oxygen atoms in total. The molecule has 1 aromatic carbocycles. The van der Waals surface area contributed by atoms with E-state index >= 15 is 0 Å². The molecule has 2 rings (SSSR count). The highest BCUT2D eigenvalue weighted by Gasteiger charge is 2.15. The summed E-state index contributed by atoms with van der Waals surface area (Å²) in [6.07, 6.45) is 2.23. The fraction of sp³-hybridized carbons (Fsp3) is 0.231. The molecule has 0 aromatic heterocycles. The Hall–Kier alpha value is -1.15. The smallest absolute Gasteiger partial charge is 0.115 e. The number of aromatic hydroxyl groups is 1. The summed E-state index contributed by atoms with van der Waals surface area (Å²) in [5, 5.41) is 9.18. The van der Waals surface area contributed by atoms with Crippen LogP contribution < -0.4 is 0 Å². The number of allylic oxidation sites excluding steroid dienone is 2. The highest BCUT2D eigenvalue weighted by molar-refractivity contribution is 8.03. The van der Waals surface area contributed by atoms with Crippen molar-refractivity contribution in [3.63, 3.8) is 0 Å². The lowest BCUT2D eigenvalue weighted by molar-refractivity contribution is 0.475. The molecule has 0 saturated carbocycles. The molecule has 0 bridgehead atoms. The van der Waals surface area contributed by atoms with Crippen molar-refractivity contribution in [3.05, 3.63) is 46.9 Å². The fourth-order valence-electron chi connectivity index (χ4n) is 1.66. The number of benzene rings is 1. The Morgan fingerprint density at radius 1 is 1.20 bits per heavy atom. The first-order chi connectivity index (χ1) is 7.16. The number of rotatable bonds is 2. The van der Waals surface area contributed by atoms with Gasteiger partial charge < -0.3 is 5.11 Å². The summed E-state index contributed by atoms with van der Waals surface area (Å²) in [7, 11) is 0. The van der Waals surface area contributed by atoms with Crippen LogP contribution in [0, 0.1) is 0 Å². The predicted molar refractivity (Wildman–Crippen MR) is 65.0 cm³/mol. The van der Waals surface area contributed by atoms with Gasteiger partial charge in [-0.3, -0.25) is 0 Å². The lowest BCUT2D eigenvalue weighted by Crippen LogP contribution is -1.78. The minimum atomic E-state index is 0.315. The summed E-state index contributed by atoms with van der Waals surface area (Å²) >= 11 is 1.75. The monoisotopic (exact) mass is 218 g/mol. The van der Waals surface area contributed by atoms with Gasteiger partial charge in [0.2, 0.25) is 0 Å². The van der Waals surface area contributed by atoms with Crippen LogP contribution in [0.3, 0.4) is 0 Å². The third-order valence-corrected chi connectivity index (χ3v) is 3.92. The maximum Gasteiger partial charge on any atom is 0.115 e. The van der Waals surface area contributed by atoms with Crippen molar-refractivity contribution in [2.45, 2.75) is 24.7 Å². The molecule has 0 aliphatic heterocycles. The van der Waals surface area contributed by atoms with E-state index in [1.807, 2.05) is 12.1 Å². The van der Waals surface area contributed by atoms with Gasteiger partial charge in [-0.05, 0) is 49.6 Å². The van der Waals surface area contributed by atoms with Crippen LogP contribution in [0.15, 0.2) is 51.8 Å². The molecule has 1 N–H and O–H groups in total. The average molecular weight is 218 g/mol. The number of hydrogen-bond donors (Lipinski definition) is 1. The van der Waals surface area contributed by atoms with Gasteiger partial charge in [0.05, 0.1) is 0 Å². The van der Waals surface area contributed by atoms with E-state index in [1.165, 1.54) is 16.1 Å². The first-order valence-corrected chi connectivity index (χ1v) is 5.83. The molecule has 0 saturated heterocycles. The molecule has 1 aliphatic rings. The first kappa shape index (κ1) is 10.4. The predicted octanol–water partition coefficient (Wildman–Crippen LogP) is 4.11. The summed E-state index contributed by atoms with van der Waals surface area (Å²) in [6.45, 7) is 6.24. The summed E-state index contributed by atoms with van der Waals surface area (Å²) in [5.74, 6) is 0.315. The van der Waals surface area contributed by atoms with E-state index in [0.717, 1.165) is 17.7 Å². The maximum atomic E-state index is 9.18. The van der Waals surface area contributed by atoms with Gasteiger partial charge in [-0.1, -0.05) is 23.9 Å². The van der Waals surface area contributed by atoms with E-state index in [1.54, 1.807) is 23.9 Å². The van der Waals surface area contributed by atoms with Crippen LogP contribution in [0.5, 0.6) is 5.75 Å². The minimum Gasteiger partial charge on any atom is -0.508 e. The Kier molecular flexibility index (Phi) is 2.87. The van der Waals surface area contributed by atoms with Crippen molar-refractivity contribution in [3.8, 4) is 5.75 Å². The first-order valence-electron chi connectivity index (χ1n) is 5.01. The van der Waals surface area contributed by atoms with Crippen LogP contribution in [0.4, 0.5) is 0 Å². The molecule has 15 heavy (non-hydrogen) atoms. The van der Waals surface area contributed by atoms with Crippen LogP contribution in [0.1, 0.15) is 19.8 Å². The third-order valence-electron chi connectivity index (χ3n) is 2.57. The summed E-state index contributed by atoms with van der Waals surface area (Å²) in [4.78, 5) is 2.48. The Labute approximate surface area is 94.5 Å². The average Bonchev–Trinajstić information content (AvgIpc) is 2.53. The molecule has 0 amide bonds. The molecule has 0 radical (unpaired) electrons. The second kappa shape index (κ2) is 4.15. The number of phenols is 1. The molecule has 0 fully saturated rings. The van der Waals surface area contributed by atoms with Crippen LogP contribution in [-0.4, -0.2) is 5.11 Å². The molecule has 78 valence electrons. The SMILES string of the molecule is C=C1CCC(C)=C1Sc1ccc(O)cc1. The van der Waals surface area contributed by atoms with Gasteiger partial charge in [-0.25, -0.2) is 0 Å². The highest BCUT2D eigenvalue weighted by atomic mass is 32.2. The summed E-state index contributed by atoms with van der Waals surface area (Å²) in [6, 6.07) is 7.31. The Bertz CT molecular complexity index is 415. The lowest BCUT2D eigenvalue weighted by atomic mass is 10.2. The lowest BCUT2D eigenvalue weighted by Gasteiger charge is -2.05. The maximum absolute atomic E-state index is 9.18. The molecule has 1 aromatic rings. The van der Waals surface area contributed by atoms with Gasteiger partial charge in [0.15, 0.2) is 0 Å². The number of hydrogen-bond acceptors (Lipinski definition) is 2. The Morgan fingerprint density at radius 2 is 1.87 bits per heavy atom. The van der Waals surface area contributed by atoms with Gasteiger partial charge >= 0.3 is 0 Å². The fourth-order valence-corrected chi connectivity index (χ4v) is 2.69. The van der Waals surface area contributed by atoms with Gasteiger partial charge in [-0.15, -0.1) is 0 Å². The molecule has 0 unspecified atom stereocenters. The van der Waals surface area contributed by atoms with E-state index in [-0.39, 0.29) is 0 Å². The number of thioether (sulfide) groups is 1. The third kappa shape index (κ3) is 2.26. The largest absolute Gasteiger partial charge is 0.508 e. The summed E-state index contributed by atoms with van der Waals surface area (Å²) < 4.78 is 0. The normalized spacial score (nSPS) is 16.2. The van der Waals surface area contributed by atoms with Crippen molar-refractivity contribution in [2.24, 2.45) is 0 Å². The standard InChI is InChI=1S/C13H14OS/c1-9-3-4-10(2)13(9)15-12-7-5-11(14)6-8-12/h5-8,14H,1,3-4H2,2H3. The molecule has 0 spiro atoms. The van der Waals surface area contributed by atoms with Crippen LogP contribution in [0.2, 0.25) is 0 Å². The van der Waals surface area contributed by atoms with Crippen LogP contribution in [-0.2, 0) is 0 Å². The van der Waals surface area contributed by atoms with Crippen LogP contribution in [0.25, 0.3) is 0 Å². The van der Waals surface area contributed by atoms with Crippen molar-refractivity contribution in [1.29, 1.82) is 0 Å². The van der Waals surface area contributed by atoms with Crippen molar-refractivity contribution < 1.29 is 5.11 Å².